The minimum Gasteiger partial charge on any atom is -0.368 e. The molecule has 1 heterocycles. The molecule has 1 saturated heterocycles. The van der Waals surface area contributed by atoms with Crippen LogP contribution in [0.4, 0.5) is 18.9 Å². The minimum absolute atomic E-state index is 0.0177. The first-order valence-electron chi connectivity index (χ1n) is 6.52. The van der Waals surface area contributed by atoms with E-state index < -0.39 is 34.8 Å². The lowest BCUT2D eigenvalue weighted by atomic mass is 10.2. The Labute approximate surface area is 138 Å². The molecule has 0 bridgehead atoms. The van der Waals surface area contributed by atoms with E-state index in [9.17, 15) is 22.8 Å². The number of alkyl halides is 3. The summed E-state index contributed by atoms with van der Waals surface area (Å²) in [7, 11) is 0. The third kappa shape index (κ3) is 4.72. The SMILES string of the molecule is N=C(N)N=C1NC(=O)C(CC(=O)Nc2cccc(C(F)(F)F)c2)S1. The van der Waals surface area contributed by atoms with Crippen molar-refractivity contribution in [3.63, 3.8) is 0 Å². The summed E-state index contributed by atoms with van der Waals surface area (Å²) >= 11 is 0.921. The Balaban J connectivity index is 1.99. The zero-order valence-electron chi connectivity index (χ0n) is 12.0. The highest BCUT2D eigenvalue weighted by Crippen LogP contribution is 2.31. The average Bonchev–Trinajstić information content (AvgIpc) is 2.77. The molecule has 1 aromatic carbocycles. The fourth-order valence-electron chi connectivity index (χ4n) is 1.86. The topological polar surface area (TPSA) is 120 Å². The third-order valence-electron chi connectivity index (χ3n) is 2.84. The van der Waals surface area contributed by atoms with Gasteiger partial charge in [0.1, 0.15) is 5.25 Å². The van der Waals surface area contributed by atoms with Crippen molar-refractivity contribution in [2.24, 2.45) is 10.7 Å². The molecule has 1 aliphatic heterocycles. The number of amides is 2. The largest absolute Gasteiger partial charge is 0.416 e. The fourth-order valence-corrected chi connectivity index (χ4v) is 2.84. The predicted octanol–water partition coefficient (Wildman–Crippen LogP) is 1.52. The number of hydrogen-bond acceptors (Lipinski definition) is 4. The van der Waals surface area contributed by atoms with Crippen molar-refractivity contribution in [3.8, 4) is 0 Å². The monoisotopic (exact) mass is 359 g/mol. The van der Waals surface area contributed by atoms with Gasteiger partial charge in [-0.25, -0.2) is 0 Å². The summed E-state index contributed by atoms with van der Waals surface area (Å²) in [5.41, 5.74) is 4.17. The number of carbonyl (C=O) groups excluding carboxylic acids is 2. The van der Waals surface area contributed by atoms with E-state index in [-0.39, 0.29) is 17.3 Å². The normalized spacial score (nSPS) is 19.2. The Morgan fingerprint density at radius 3 is 2.79 bits per heavy atom. The van der Waals surface area contributed by atoms with Gasteiger partial charge in [0.15, 0.2) is 5.17 Å². The van der Waals surface area contributed by atoms with Crippen LogP contribution in [0, 0.1) is 5.41 Å². The van der Waals surface area contributed by atoms with Crippen molar-refractivity contribution in [2.75, 3.05) is 5.32 Å². The Morgan fingerprint density at radius 2 is 2.17 bits per heavy atom. The standard InChI is InChI=1S/C13H12F3N5O2S/c14-13(15,16)6-2-1-3-7(4-6)19-9(22)5-8-10(23)20-12(24-8)21-11(17)18/h1-4,8H,5H2,(H,19,22)(H4,17,18,20,21,23). The lowest BCUT2D eigenvalue weighted by Gasteiger charge is -2.10. The molecule has 1 aromatic rings. The maximum absolute atomic E-state index is 12.6. The van der Waals surface area contributed by atoms with Crippen LogP contribution in [-0.2, 0) is 15.8 Å². The number of benzene rings is 1. The van der Waals surface area contributed by atoms with E-state index in [1.807, 2.05) is 0 Å². The summed E-state index contributed by atoms with van der Waals surface area (Å²) in [5, 5.41) is 11.0. The molecule has 1 atom stereocenters. The highest BCUT2D eigenvalue weighted by atomic mass is 32.2. The Morgan fingerprint density at radius 1 is 1.46 bits per heavy atom. The Kier molecular flexibility index (Phi) is 5.12. The maximum atomic E-state index is 12.6. The molecule has 2 amide bonds. The van der Waals surface area contributed by atoms with Gasteiger partial charge >= 0.3 is 6.18 Å². The first kappa shape index (κ1) is 17.8. The van der Waals surface area contributed by atoms with Crippen molar-refractivity contribution in [3.05, 3.63) is 29.8 Å². The smallest absolute Gasteiger partial charge is 0.368 e. The van der Waals surface area contributed by atoms with Gasteiger partial charge in [0.2, 0.25) is 17.8 Å². The zero-order valence-corrected chi connectivity index (χ0v) is 12.8. The van der Waals surface area contributed by atoms with E-state index in [1.165, 1.54) is 12.1 Å². The van der Waals surface area contributed by atoms with E-state index in [4.69, 9.17) is 11.1 Å². The van der Waals surface area contributed by atoms with Crippen LogP contribution in [0.1, 0.15) is 12.0 Å². The number of amidine groups is 1. The maximum Gasteiger partial charge on any atom is 0.416 e. The van der Waals surface area contributed by atoms with Gasteiger partial charge in [0, 0.05) is 12.1 Å². The number of carbonyl (C=O) groups is 2. The third-order valence-corrected chi connectivity index (χ3v) is 3.92. The molecular weight excluding hydrogens is 347 g/mol. The zero-order chi connectivity index (χ0) is 17.9. The molecule has 1 fully saturated rings. The van der Waals surface area contributed by atoms with Crippen molar-refractivity contribution in [1.29, 1.82) is 5.41 Å². The molecule has 1 aliphatic rings. The summed E-state index contributed by atoms with van der Waals surface area (Å²) < 4.78 is 37.9. The van der Waals surface area contributed by atoms with E-state index in [0.29, 0.717) is 0 Å². The van der Waals surface area contributed by atoms with E-state index in [1.54, 1.807) is 0 Å². The fraction of sp³-hybridized carbons (Fsp3) is 0.231. The van der Waals surface area contributed by atoms with Gasteiger partial charge in [-0.05, 0) is 18.2 Å². The summed E-state index contributed by atoms with van der Waals surface area (Å²) in [6.07, 6.45) is -4.77. The highest BCUT2D eigenvalue weighted by Gasteiger charge is 2.33. The molecule has 7 nitrogen and oxygen atoms in total. The molecular formula is C13H12F3N5O2S. The number of rotatable bonds is 3. The molecule has 128 valence electrons. The number of nitrogens with one attached hydrogen (secondary N) is 3. The highest BCUT2D eigenvalue weighted by molar-refractivity contribution is 8.15. The number of nitrogens with two attached hydrogens (primary N) is 1. The minimum atomic E-state index is -4.51. The molecule has 0 aliphatic carbocycles. The van der Waals surface area contributed by atoms with Crippen LogP contribution in [0.25, 0.3) is 0 Å². The second kappa shape index (κ2) is 6.91. The van der Waals surface area contributed by atoms with Crippen molar-refractivity contribution in [1.82, 2.24) is 5.32 Å². The second-order valence-corrected chi connectivity index (χ2v) is 5.92. The molecule has 0 saturated carbocycles. The predicted molar refractivity (Wildman–Crippen MR) is 83.6 cm³/mol. The summed E-state index contributed by atoms with van der Waals surface area (Å²) in [6, 6.07) is 4.19. The number of halogens is 3. The molecule has 0 radical (unpaired) electrons. The van der Waals surface area contributed by atoms with Crippen LogP contribution in [0.5, 0.6) is 0 Å². The van der Waals surface area contributed by atoms with Crippen LogP contribution in [0.15, 0.2) is 29.3 Å². The number of guanidine groups is 1. The van der Waals surface area contributed by atoms with Gasteiger partial charge in [-0.2, -0.15) is 18.2 Å². The lowest BCUT2D eigenvalue weighted by Crippen LogP contribution is -2.28. The number of nitrogens with zero attached hydrogens (tertiary/aromatic N) is 1. The lowest BCUT2D eigenvalue weighted by molar-refractivity contribution is -0.137. The molecule has 24 heavy (non-hydrogen) atoms. The van der Waals surface area contributed by atoms with Gasteiger partial charge in [-0.15, -0.1) is 0 Å². The Hall–Kier alpha value is -2.56. The van der Waals surface area contributed by atoms with Crippen LogP contribution >= 0.6 is 11.8 Å². The number of anilines is 1. The molecule has 1 unspecified atom stereocenters. The van der Waals surface area contributed by atoms with Gasteiger partial charge in [0.05, 0.1) is 5.56 Å². The second-order valence-electron chi connectivity index (χ2n) is 4.73. The number of aliphatic imine (C=N–C) groups is 1. The van der Waals surface area contributed by atoms with E-state index >= 15 is 0 Å². The van der Waals surface area contributed by atoms with E-state index in [0.717, 1.165) is 23.9 Å². The number of hydrogen-bond donors (Lipinski definition) is 4. The van der Waals surface area contributed by atoms with Crippen molar-refractivity contribution < 1.29 is 22.8 Å². The first-order chi connectivity index (χ1) is 11.1. The van der Waals surface area contributed by atoms with Crippen LogP contribution in [-0.4, -0.2) is 28.2 Å². The first-order valence-corrected chi connectivity index (χ1v) is 7.40. The van der Waals surface area contributed by atoms with Gasteiger partial charge in [0.25, 0.3) is 0 Å². The summed E-state index contributed by atoms with van der Waals surface area (Å²) in [5.74, 6) is -1.60. The number of thioether (sulfide) groups is 1. The van der Waals surface area contributed by atoms with Gasteiger partial charge in [-0.1, -0.05) is 17.8 Å². The van der Waals surface area contributed by atoms with Crippen molar-refractivity contribution in [2.45, 2.75) is 17.8 Å². The molecule has 5 N–H and O–H groups in total. The summed E-state index contributed by atoms with van der Waals surface area (Å²) in [6.45, 7) is 0. The molecule has 0 aromatic heterocycles. The van der Waals surface area contributed by atoms with Crippen LogP contribution < -0.4 is 16.4 Å². The Bertz CT molecular complexity index is 720. The van der Waals surface area contributed by atoms with Crippen LogP contribution in [0.2, 0.25) is 0 Å². The van der Waals surface area contributed by atoms with Gasteiger partial charge < -0.3 is 16.4 Å². The quantitative estimate of drug-likeness (QED) is 0.483. The molecule has 2 rings (SSSR count). The average molecular weight is 359 g/mol. The van der Waals surface area contributed by atoms with E-state index in [2.05, 4.69) is 15.6 Å². The molecule has 0 spiro atoms. The summed E-state index contributed by atoms with van der Waals surface area (Å²) in [4.78, 5) is 27.2. The molecule has 11 heteroatoms. The van der Waals surface area contributed by atoms with Crippen molar-refractivity contribution >= 4 is 40.4 Å². The van der Waals surface area contributed by atoms with Gasteiger partial charge in [-0.3, -0.25) is 15.0 Å². The van der Waals surface area contributed by atoms with Crippen LogP contribution in [0.3, 0.4) is 0 Å².